The van der Waals surface area contributed by atoms with Gasteiger partial charge in [0.25, 0.3) is 5.56 Å². The Morgan fingerprint density at radius 2 is 1.14 bits per heavy atom. The van der Waals surface area contributed by atoms with Gasteiger partial charge in [0.15, 0.2) is 12.3 Å². The average Bonchev–Trinajstić information content (AvgIpc) is 3.75. The Bertz CT molecular complexity index is 2220. The van der Waals surface area contributed by atoms with E-state index >= 15 is 0 Å². The first-order valence-electron chi connectivity index (χ1n) is 27.6. The van der Waals surface area contributed by atoms with Crippen molar-refractivity contribution < 1.29 is 165 Å². The molecule has 0 spiro atoms. The van der Waals surface area contributed by atoms with Crippen molar-refractivity contribution >= 4 is 28.6 Å². The van der Waals surface area contributed by atoms with Gasteiger partial charge in [0, 0.05) is 54.4 Å². The summed E-state index contributed by atoms with van der Waals surface area (Å²) in [5, 5.41) is 2.90. The van der Waals surface area contributed by atoms with Gasteiger partial charge in [-0.05, 0) is 55.4 Å². The summed E-state index contributed by atoms with van der Waals surface area (Å²) in [5.74, 6) is -1.71. The smallest absolute Gasteiger partial charge is 1.00 e. The van der Waals surface area contributed by atoms with Gasteiger partial charge >= 0.3 is 66.7 Å². The van der Waals surface area contributed by atoms with Crippen molar-refractivity contribution in [2.75, 3.05) is 105 Å². The largest absolute Gasteiger partial charge is 3.00 e. The topological polar surface area (TPSA) is 240 Å². The minimum absolute atomic E-state index is 0. The van der Waals surface area contributed by atoms with Crippen LogP contribution in [0.2, 0.25) is 0 Å². The van der Waals surface area contributed by atoms with E-state index in [1.165, 1.54) is 44.7 Å². The van der Waals surface area contributed by atoms with Gasteiger partial charge in [-0.15, -0.1) is 0 Å². The van der Waals surface area contributed by atoms with Crippen LogP contribution in [0, 0.1) is 0 Å². The molecule has 1 aliphatic heterocycles. The molecule has 27 heteroatoms. The van der Waals surface area contributed by atoms with Gasteiger partial charge in [0.1, 0.15) is 19.3 Å². The standard InChI is InChI=1S/C55H82N4O15.C2H6OS.4ClH.Na.Ru/c1-2-3-4-5-6-7-8-9-10-11-12-13-14-15-19-22-50(62)74-53-52(57-49(61)41-45-23-26-56-27-24-45)47(73-54(53)59-28-25-48(60)58-55(59)64)43-72-51(63)44-71-40-38-69-36-34-67-32-30-65-29-31-66-33-35-68-37-39-70-42-46-20-17-16-18-21-46;1-4(2)3;;;;;;/h9-10,16-18,20-21,23-28,47,52-54H,2-8,11-15,19,22,29-44H2,1H3,(H,57,61)(H,58,60,64);1-2H3;4*1H;;/q;;;;;;+1;+3/p-4/b10-9-;;;;;;;/t47-,52+,53-,54-;;;;;;;/m1......./s1. The van der Waals surface area contributed by atoms with Crippen LogP contribution in [0.4, 0.5) is 0 Å². The molecule has 1 radical (unpaired) electrons. The first-order valence-corrected chi connectivity index (χ1v) is 29.5. The summed E-state index contributed by atoms with van der Waals surface area (Å²) in [4.78, 5) is 71.0. The number of carbonyl (C=O) groups excluding carboxylic acids is 3. The summed E-state index contributed by atoms with van der Waals surface area (Å²) in [5.41, 5.74) is 0.355. The maximum absolute atomic E-state index is 13.5. The summed E-state index contributed by atoms with van der Waals surface area (Å²) in [6.45, 7) is 6.61. The number of aromatic amines is 1. The van der Waals surface area contributed by atoms with Crippen LogP contribution in [-0.2, 0) is 105 Å². The molecule has 1 aromatic carbocycles. The molecule has 84 heavy (non-hydrogen) atoms. The third-order valence-corrected chi connectivity index (χ3v) is 11.8. The van der Waals surface area contributed by atoms with Crippen LogP contribution in [0.25, 0.3) is 0 Å². The van der Waals surface area contributed by atoms with E-state index in [4.69, 9.17) is 47.4 Å². The van der Waals surface area contributed by atoms with Gasteiger partial charge in [0.05, 0.1) is 98.4 Å². The summed E-state index contributed by atoms with van der Waals surface area (Å²) >= 11 is 0. The fraction of sp³-hybridized carbons (Fsp3) is 0.649. The van der Waals surface area contributed by atoms with E-state index in [-0.39, 0.29) is 131 Å². The number of carbonyl (C=O) groups is 3. The van der Waals surface area contributed by atoms with Crippen LogP contribution < -0.4 is 95.8 Å². The van der Waals surface area contributed by atoms with Gasteiger partial charge in [0.2, 0.25) is 5.91 Å². The molecule has 4 rings (SSSR count). The van der Waals surface area contributed by atoms with E-state index < -0.39 is 71.0 Å². The van der Waals surface area contributed by atoms with E-state index in [0.29, 0.717) is 84.7 Å². The Hall–Kier alpha value is -2.19. The zero-order valence-corrected chi connectivity index (χ0v) is 56.8. The van der Waals surface area contributed by atoms with E-state index in [9.17, 15) is 28.2 Å². The Labute approximate surface area is 559 Å². The van der Waals surface area contributed by atoms with E-state index in [1.807, 2.05) is 30.3 Å². The molecule has 20 nitrogen and oxygen atoms in total. The number of ether oxygens (including phenoxy) is 10. The summed E-state index contributed by atoms with van der Waals surface area (Å²) in [7, 11) is -0.611. The minimum Gasteiger partial charge on any atom is -1.00 e. The molecule has 0 unspecified atom stereocenters. The normalized spacial score (nSPS) is 14.9. The zero-order valence-electron chi connectivity index (χ0n) is 49.2. The molecule has 1 saturated heterocycles. The Morgan fingerprint density at radius 3 is 1.67 bits per heavy atom. The van der Waals surface area contributed by atoms with Crippen molar-refractivity contribution in [3.05, 3.63) is 111 Å². The van der Waals surface area contributed by atoms with Gasteiger partial charge in [-0.3, -0.25) is 33.1 Å². The van der Waals surface area contributed by atoms with E-state index in [0.717, 1.165) is 54.7 Å². The van der Waals surface area contributed by atoms with Crippen LogP contribution in [0.15, 0.2) is 88.9 Å². The van der Waals surface area contributed by atoms with Crippen LogP contribution in [-0.4, -0.2) is 160 Å². The molecular formula is C57H88Cl4N4NaO16RuS. The van der Waals surface area contributed by atoms with Crippen molar-refractivity contribution in [2.45, 2.75) is 134 Å². The molecule has 1 fully saturated rings. The molecule has 1 aliphatic rings. The molecule has 2 N–H and O–H groups in total. The number of hydrogen-bond donors (Lipinski definition) is 2. The number of H-pyrrole nitrogens is 1. The van der Waals surface area contributed by atoms with E-state index in [1.54, 1.807) is 37.0 Å². The number of benzene rings is 1. The number of nitrogens with one attached hydrogen (secondary N) is 2. The third-order valence-electron chi connectivity index (χ3n) is 11.8. The summed E-state index contributed by atoms with van der Waals surface area (Å²) in [6.07, 6.45) is 23.1. The maximum Gasteiger partial charge on any atom is 3.00 e. The number of rotatable bonds is 44. The SMILES string of the molecule is CCCCCCCC/C=C\CCCCCCCC(=O)O[C@@H]1[C@@H](NC(=O)Cc2ccncc2)[C@@H](COC(=O)COCCOCCOCCOCCOCCOCCOCc2ccccc2)O[C@H]1n1ccc(=O)[nH]c1=O.CS(C)=O.[Cl-].[Cl-].[Cl-].[Cl-].[Na+].[Ru+3]. The number of hydrogen-bond acceptors (Lipinski definition) is 17. The molecule has 0 bridgehead atoms. The van der Waals surface area contributed by atoms with Gasteiger partial charge in [-0.1, -0.05) is 101 Å². The Morgan fingerprint density at radius 1 is 0.655 bits per heavy atom. The summed E-state index contributed by atoms with van der Waals surface area (Å²) in [6, 6.07) is 13.4. The molecule has 3 aromatic rings. The second kappa shape index (κ2) is 59.8. The molecule has 0 aliphatic carbocycles. The molecule has 475 valence electrons. The quantitative estimate of drug-likeness (QED) is 0.0231. The number of aromatic nitrogens is 3. The van der Waals surface area contributed by atoms with Crippen molar-refractivity contribution in [2.24, 2.45) is 0 Å². The first-order chi connectivity index (χ1) is 38.1. The van der Waals surface area contributed by atoms with Crippen molar-refractivity contribution in [1.82, 2.24) is 19.9 Å². The summed E-state index contributed by atoms with van der Waals surface area (Å²) < 4.78 is 67.1. The number of esters is 2. The third kappa shape index (κ3) is 45.1. The minimum atomic E-state index is -1.28. The first kappa shape index (κ1) is 88.2. The van der Waals surface area contributed by atoms with Crippen LogP contribution in [0.3, 0.4) is 0 Å². The molecule has 4 atom stereocenters. The predicted octanol–water partition coefficient (Wildman–Crippen LogP) is -8.62. The van der Waals surface area contributed by atoms with Crippen molar-refractivity contribution in [3.63, 3.8) is 0 Å². The average molecular weight is 1380 g/mol. The van der Waals surface area contributed by atoms with Crippen molar-refractivity contribution in [3.8, 4) is 0 Å². The zero-order chi connectivity index (χ0) is 56.1. The monoisotopic (exact) mass is 1380 g/mol. The molecule has 2 aromatic heterocycles. The number of halogens is 4. The molecule has 0 saturated carbocycles. The second-order valence-electron chi connectivity index (χ2n) is 18.6. The molecule has 3 heterocycles. The van der Waals surface area contributed by atoms with Gasteiger partial charge in [-0.2, -0.15) is 0 Å². The molecule has 1 amide bonds. The number of allylic oxidation sites excluding steroid dienone is 2. The Kier molecular flexibility index (Phi) is 62.8. The predicted molar refractivity (Wildman–Crippen MR) is 296 cm³/mol. The fourth-order valence-corrected chi connectivity index (χ4v) is 7.86. The second-order valence-corrected chi connectivity index (χ2v) is 20.1. The van der Waals surface area contributed by atoms with E-state index in [2.05, 4.69) is 34.4 Å². The fourth-order valence-electron chi connectivity index (χ4n) is 7.86. The van der Waals surface area contributed by atoms with Gasteiger partial charge in [-0.25, -0.2) is 9.59 Å². The van der Waals surface area contributed by atoms with Crippen LogP contribution in [0.5, 0.6) is 0 Å². The number of nitrogens with zero attached hydrogens (tertiary/aromatic N) is 2. The number of pyridine rings is 1. The number of unbranched alkanes of at least 4 members (excludes halogenated alkanes) is 11. The molecular weight excluding hydrogens is 1290 g/mol. The van der Waals surface area contributed by atoms with Crippen molar-refractivity contribution in [1.29, 1.82) is 0 Å². The van der Waals surface area contributed by atoms with Crippen LogP contribution in [0.1, 0.15) is 114 Å². The number of amides is 1. The van der Waals surface area contributed by atoms with Crippen LogP contribution >= 0.6 is 0 Å². The maximum atomic E-state index is 13.5. The Balaban J connectivity index is -0.00000309. The van der Waals surface area contributed by atoms with Gasteiger partial charge < -0.3 is 102 Å².